The van der Waals surface area contributed by atoms with E-state index in [-0.39, 0.29) is 6.10 Å². The molecule has 1 aliphatic carbocycles. The van der Waals surface area contributed by atoms with Gasteiger partial charge in [0, 0.05) is 31.0 Å². The molecule has 2 aliphatic rings. The van der Waals surface area contributed by atoms with E-state index >= 15 is 0 Å². The molecular formula is C24H24N6O. The molecule has 0 radical (unpaired) electrons. The highest BCUT2D eigenvalue weighted by Crippen LogP contribution is 2.42. The molecule has 0 bridgehead atoms. The SMILES string of the molecule is N#Cc1ccnc(Nc2cc(C3CC3)cc(-c3cncc(N4CCC[C@H](O)C4)c3)n2)c1. The molecule has 1 atom stereocenters. The summed E-state index contributed by atoms with van der Waals surface area (Å²) in [4.78, 5) is 15.8. The number of aromatic nitrogens is 3. The van der Waals surface area contributed by atoms with Gasteiger partial charge in [-0.2, -0.15) is 5.26 Å². The van der Waals surface area contributed by atoms with Gasteiger partial charge in [-0.15, -0.1) is 0 Å². The molecule has 2 fully saturated rings. The Labute approximate surface area is 181 Å². The Bertz CT molecular complexity index is 1140. The number of piperidine rings is 1. The van der Waals surface area contributed by atoms with Crippen molar-refractivity contribution in [2.75, 3.05) is 23.3 Å². The van der Waals surface area contributed by atoms with E-state index in [9.17, 15) is 5.11 Å². The first-order valence-corrected chi connectivity index (χ1v) is 10.7. The number of pyridine rings is 3. The summed E-state index contributed by atoms with van der Waals surface area (Å²) >= 11 is 0. The molecule has 7 heteroatoms. The van der Waals surface area contributed by atoms with Gasteiger partial charge in [0.15, 0.2) is 0 Å². The Morgan fingerprint density at radius 1 is 1.10 bits per heavy atom. The lowest BCUT2D eigenvalue weighted by Crippen LogP contribution is -2.38. The lowest BCUT2D eigenvalue weighted by Gasteiger charge is -2.31. The van der Waals surface area contributed by atoms with Gasteiger partial charge in [0.25, 0.3) is 0 Å². The van der Waals surface area contributed by atoms with Gasteiger partial charge >= 0.3 is 0 Å². The van der Waals surface area contributed by atoms with Gasteiger partial charge in [0.05, 0.1) is 35.3 Å². The van der Waals surface area contributed by atoms with Gasteiger partial charge in [-0.3, -0.25) is 4.98 Å². The Morgan fingerprint density at radius 3 is 2.81 bits per heavy atom. The molecule has 1 aliphatic heterocycles. The van der Waals surface area contributed by atoms with Crippen molar-refractivity contribution in [3.8, 4) is 17.3 Å². The topological polar surface area (TPSA) is 98.0 Å². The minimum absolute atomic E-state index is 0.291. The molecule has 156 valence electrons. The van der Waals surface area contributed by atoms with Crippen molar-refractivity contribution in [3.63, 3.8) is 0 Å². The van der Waals surface area contributed by atoms with Gasteiger partial charge < -0.3 is 15.3 Å². The number of nitriles is 1. The lowest BCUT2D eigenvalue weighted by molar-refractivity contribution is 0.154. The summed E-state index contributed by atoms with van der Waals surface area (Å²) in [6, 6.07) is 11.9. The Morgan fingerprint density at radius 2 is 2.00 bits per heavy atom. The average molecular weight is 412 g/mol. The second kappa shape index (κ2) is 8.32. The van der Waals surface area contributed by atoms with Crippen LogP contribution in [-0.2, 0) is 0 Å². The van der Waals surface area contributed by atoms with Crippen molar-refractivity contribution in [2.24, 2.45) is 0 Å². The third-order valence-corrected chi connectivity index (χ3v) is 5.82. The molecule has 0 aromatic carbocycles. The fourth-order valence-corrected chi connectivity index (χ4v) is 4.05. The summed E-state index contributed by atoms with van der Waals surface area (Å²) in [7, 11) is 0. The van der Waals surface area contributed by atoms with E-state index in [0.717, 1.165) is 36.3 Å². The standard InChI is InChI=1S/C24H24N6O/c25-12-16-5-6-27-23(8-16)29-24-11-18(17-3-4-17)10-22(28-24)19-9-20(14-26-13-19)30-7-1-2-21(31)15-30/h5-6,8-11,13-14,17,21,31H,1-4,7,15H2,(H,27,28,29)/t21-/m0/s1. The fourth-order valence-electron chi connectivity index (χ4n) is 4.05. The summed E-state index contributed by atoms with van der Waals surface area (Å²) in [6.07, 6.45) is 9.22. The molecule has 31 heavy (non-hydrogen) atoms. The molecule has 7 nitrogen and oxygen atoms in total. The number of anilines is 3. The maximum Gasteiger partial charge on any atom is 0.132 e. The van der Waals surface area contributed by atoms with Crippen molar-refractivity contribution in [2.45, 2.75) is 37.7 Å². The van der Waals surface area contributed by atoms with Crippen LogP contribution in [-0.4, -0.2) is 39.3 Å². The van der Waals surface area contributed by atoms with Gasteiger partial charge in [0.2, 0.25) is 0 Å². The van der Waals surface area contributed by atoms with Crippen molar-refractivity contribution in [1.29, 1.82) is 5.26 Å². The first-order chi connectivity index (χ1) is 15.2. The third kappa shape index (κ3) is 4.49. The zero-order valence-electron chi connectivity index (χ0n) is 17.2. The number of rotatable bonds is 5. The highest BCUT2D eigenvalue weighted by molar-refractivity contribution is 5.68. The normalized spacial score (nSPS) is 18.5. The Hall–Kier alpha value is -3.50. The van der Waals surface area contributed by atoms with Crippen LogP contribution in [0.1, 0.15) is 42.7 Å². The van der Waals surface area contributed by atoms with Crippen LogP contribution in [0.15, 0.2) is 48.9 Å². The second-order valence-corrected chi connectivity index (χ2v) is 8.29. The monoisotopic (exact) mass is 412 g/mol. The van der Waals surface area contributed by atoms with Gasteiger partial charge in [-0.05, 0) is 67.5 Å². The van der Waals surface area contributed by atoms with Crippen LogP contribution < -0.4 is 10.2 Å². The van der Waals surface area contributed by atoms with E-state index < -0.39 is 0 Å². The van der Waals surface area contributed by atoms with E-state index in [1.54, 1.807) is 18.3 Å². The number of aliphatic hydroxyl groups excluding tert-OH is 1. The molecular weight excluding hydrogens is 388 g/mol. The number of nitrogens with zero attached hydrogens (tertiary/aromatic N) is 5. The molecule has 1 saturated heterocycles. The second-order valence-electron chi connectivity index (χ2n) is 8.29. The third-order valence-electron chi connectivity index (χ3n) is 5.82. The molecule has 3 aromatic heterocycles. The van der Waals surface area contributed by atoms with Crippen LogP contribution in [0.3, 0.4) is 0 Å². The molecule has 1 saturated carbocycles. The smallest absolute Gasteiger partial charge is 0.132 e. The minimum Gasteiger partial charge on any atom is -0.391 e. The Balaban J connectivity index is 1.47. The molecule has 0 spiro atoms. The first-order valence-electron chi connectivity index (χ1n) is 10.7. The van der Waals surface area contributed by atoms with E-state index in [1.807, 2.05) is 12.4 Å². The minimum atomic E-state index is -0.291. The molecule has 0 amide bonds. The van der Waals surface area contributed by atoms with Crippen LogP contribution in [0.5, 0.6) is 0 Å². The van der Waals surface area contributed by atoms with Gasteiger partial charge in [0.1, 0.15) is 11.6 Å². The lowest BCUT2D eigenvalue weighted by atomic mass is 10.1. The van der Waals surface area contributed by atoms with Crippen LogP contribution in [0.25, 0.3) is 11.3 Å². The van der Waals surface area contributed by atoms with Crippen molar-refractivity contribution < 1.29 is 5.11 Å². The number of hydrogen-bond acceptors (Lipinski definition) is 7. The predicted octanol–water partition coefficient (Wildman–Crippen LogP) is 3.99. The Kier molecular flexibility index (Phi) is 5.23. The quantitative estimate of drug-likeness (QED) is 0.654. The molecule has 5 rings (SSSR count). The maximum atomic E-state index is 10.0. The first kappa shape index (κ1) is 19.5. The van der Waals surface area contributed by atoms with Crippen molar-refractivity contribution in [3.05, 3.63) is 60.0 Å². The van der Waals surface area contributed by atoms with Crippen LogP contribution in [0.4, 0.5) is 17.3 Å². The summed E-state index contributed by atoms with van der Waals surface area (Å²) in [6.45, 7) is 1.56. The molecule has 3 aromatic rings. The molecule has 2 N–H and O–H groups in total. The summed E-state index contributed by atoms with van der Waals surface area (Å²) in [5.74, 6) is 1.87. The van der Waals surface area contributed by atoms with Crippen LogP contribution in [0.2, 0.25) is 0 Å². The van der Waals surface area contributed by atoms with Crippen molar-refractivity contribution in [1.82, 2.24) is 15.0 Å². The number of nitrogens with one attached hydrogen (secondary N) is 1. The molecule has 4 heterocycles. The fraction of sp³-hybridized carbons (Fsp3) is 0.333. The number of β-amino-alcohol motifs (C(OH)–C–C–N with tert-alkyl or cyclic N) is 1. The van der Waals surface area contributed by atoms with E-state index in [2.05, 4.69) is 44.5 Å². The summed E-state index contributed by atoms with van der Waals surface area (Å²) in [5, 5.41) is 22.4. The summed E-state index contributed by atoms with van der Waals surface area (Å²) in [5.41, 5.74) is 4.62. The van der Waals surface area contributed by atoms with Crippen LogP contribution in [0, 0.1) is 11.3 Å². The van der Waals surface area contributed by atoms with Crippen LogP contribution >= 0.6 is 0 Å². The number of hydrogen-bond donors (Lipinski definition) is 2. The maximum absolute atomic E-state index is 10.0. The number of aliphatic hydroxyl groups is 1. The van der Waals surface area contributed by atoms with E-state index in [4.69, 9.17) is 10.2 Å². The van der Waals surface area contributed by atoms with Crippen molar-refractivity contribution >= 4 is 17.3 Å². The van der Waals surface area contributed by atoms with Gasteiger partial charge in [-0.25, -0.2) is 9.97 Å². The molecule has 0 unspecified atom stereocenters. The van der Waals surface area contributed by atoms with Gasteiger partial charge in [-0.1, -0.05) is 0 Å². The zero-order chi connectivity index (χ0) is 21.2. The highest BCUT2D eigenvalue weighted by atomic mass is 16.3. The largest absolute Gasteiger partial charge is 0.391 e. The predicted molar refractivity (Wildman–Crippen MR) is 119 cm³/mol. The van der Waals surface area contributed by atoms with E-state index in [1.165, 1.54) is 18.4 Å². The summed E-state index contributed by atoms with van der Waals surface area (Å²) < 4.78 is 0. The highest BCUT2D eigenvalue weighted by Gasteiger charge is 2.25. The zero-order valence-corrected chi connectivity index (χ0v) is 17.2. The average Bonchev–Trinajstić information content (AvgIpc) is 3.65. The van der Waals surface area contributed by atoms with E-state index in [0.29, 0.717) is 29.7 Å².